The Morgan fingerprint density at radius 1 is 1.35 bits per heavy atom. The van der Waals surface area contributed by atoms with Crippen molar-refractivity contribution in [2.24, 2.45) is 11.7 Å². The molecule has 1 unspecified atom stereocenters. The lowest BCUT2D eigenvalue weighted by atomic mass is 10.1. The summed E-state index contributed by atoms with van der Waals surface area (Å²) in [5, 5.41) is 4.55. The Bertz CT molecular complexity index is 510. The maximum absolute atomic E-state index is 5.94. The smallest absolute Gasteiger partial charge is 0.244 e. The van der Waals surface area contributed by atoms with E-state index in [-0.39, 0.29) is 12.0 Å². The Hall–Kier alpha value is -1.39. The lowest BCUT2D eigenvalue weighted by Gasteiger charge is -2.09. The van der Waals surface area contributed by atoms with Gasteiger partial charge in [-0.15, -0.1) is 0 Å². The molecule has 2 rings (SSSR count). The van der Waals surface area contributed by atoms with Crippen LogP contribution in [0.5, 0.6) is 0 Å². The molecule has 0 bridgehead atoms. The number of hydrogen-bond acceptors (Lipinski definition) is 4. The van der Waals surface area contributed by atoms with Crippen molar-refractivity contribution < 1.29 is 4.52 Å². The van der Waals surface area contributed by atoms with Crippen molar-refractivity contribution in [2.45, 2.75) is 19.9 Å². The zero-order valence-electron chi connectivity index (χ0n) is 9.72. The lowest BCUT2D eigenvalue weighted by molar-refractivity contribution is 0.325. The van der Waals surface area contributed by atoms with Gasteiger partial charge >= 0.3 is 0 Å². The van der Waals surface area contributed by atoms with Gasteiger partial charge < -0.3 is 10.3 Å². The summed E-state index contributed by atoms with van der Waals surface area (Å²) in [6.07, 6.45) is 0. The van der Waals surface area contributed by atoms with Crippen LogP contribution in [0.4, 0.5) is 0 Å². The summed E-state index contributed by atoms with van der Waals surface area (Å²) >= 11 is 5.90. The van der Waals surface area contributed by atoms with Crippen LogP contribution in [0.1, 0.15) is 25.8 Å². The molecule has 0 aliphatic carbocycles. The van der Waals surface area contributed by atoms with Crippen molar-refractivity contribution >= 4 is 11.6 Å². The highest BCUT2D eigenvalue weighted by atomic mass is 35.5. The summed E-state index contributed by atoms with van der Waals surface area (Å²) in [5.74, 6) is 1.22. The van der Waals surface area contributed by atoms with Gasteiger partial charge in [0, 0.05) is 10.6 Å². The van der Waals surface area contributed by atoms with Crippen LogP contribution in [-0.4, -0.2) is 10.1 Å². The van der Waals surface area contributed by atoms with Crippen LogP contribution in [0.15, 0.2) is 28.8 Å². The number of halogens is 1. The maximum Gasteiger partial charge on any atom is 0.244 e. The second-order valence-corrected chi connectivity index (χ2v) is 4.67. The number of nitrogens with two attached hydrogens (primary N) is 1. The van der Waals surface area contributed by atoms with Crippen molar-refractivity contribution in [1.29, 1.82) is 0 Å². The molecule has 90 valence electrons. The standard InChI is InChI=1S/C12H14ClN3O/c1-7(2)10(14)12-15-11(16-17-12)8-4-3-5-9(13)6-8/h3-7,10H,14H2,1-2H3. The number of rotatable bonds is 3. The first-order chi connectivity index (χ1) is 8.08. The molecule has 2 N–H and O–H groups in total. The van der Waals surface area contributed by atoms with Gasteiger partial charge in [-0.2, -0.15) is 4.98 Å². The van der Waals surface area contributed by atoms with E-state index in [2.05, 4.69) is 10.1 Å². The van der Waals surface area contributed by atoms with E-state index in [0.717, 1.165) is 5.56 Å². The molecule has 5 heteroatoms. The Balaban J connectivity index is 2.30. The Labute approximate surface area is 105 Å². The third-order valence-corrected chi connectivity index (χ3v) is 2.76. The predicted octanol–water partition coefficient (Wildman–Crippen LogP) is 3.05. The third-order valence-electron chi connectivity index (χ3n) is 2.53. The number of nitrogens with zero attached hydrogens (tertiary/aromatic N) is 2. The second kappa shape index (κ2) is 4.85. The van der Waals surface area contributed by atoms with E-state index < -0.39 is 0 Å². The monoisotopic (exact) mass is 251 g/mol. The van der Waals surface area contributed by atoms with Crippen LogP contribution >= 0.6 is 11.6 Å². The largest absolute Gasteiger partial charge is 0.337 e. The molecule has 0 aliphatic rings. The van der Waals surface area contributed by atoms with Crippen molar-refractivity contribution in [3.05, 3.63) is 35.2 Å². The van der Waals surface area contributed by atoms with Gasteiger partial charge in [0.05, 0.1) is 6.04 Å². The molecule has 4 nitrogen and oxygen atoms in total. The zero-order chi connectivity index (χ0) is 12.4. The molecule has 1 aromatic carbocycles. The minimum absolute atomic E-state index is 0.240. The van der Waals surface area contributed by atoms with Crippen molar-refractivity contribution in [2.75, 3.05) is 0 Å². The molecule has 0 saturated carbocycles. The van der Waals surface area contributed by atoms with E-state index in [9.17, 15) is 0 Å². The van der Waals surface area contributed by atoms with Crippen LogP contribution in [0, 0.1) is 5.92 Å². The molecule has 17 heavy (non-hydrogen) atoms. The molecule has 1 atom stereocenters. The van der Waals surface area contributed by atoms with Gasteiger partial charge in [-0.05, 0) is 18.1 Å². The summed E-state index contributed by atoms with van der Waals surface area (Å²) in [4.78, 5) is 4.28. The summed E-state index contributed by atoms with van der Waals surface area (Å²) < 4.78 is 5.15. The van der Waals surface area contributed by atoms with E-state index in [1.807, 2.05) is 26.0 Å². The van der Waals surface area contributed by atoms with Gasteiger partial charge in [0.1, 0.15) is 0 Å². The third kappa shape index (κ3) is 2.65. The first-order valence-corrected chi connectivity index (χ1v) is 5.81. The predicted molar refractivity (Wildman–Crippen MR) is 66.5 cm³/mol. The highest BCUT2D eigenvalue weighted by Crippen LogP contribution is 2.23. The quantitative estimate of drug-likeness (QED) is 0.911. The number of benzene rings is 1. The molecular formula is C12H14ClN3O. The molecule has 0 aliphatic heterocycles. The Morgan fingerprint density at radius 2 is 2.12 bits per heavy atom. The molecule has 2 aromatic rings. The Kier molecular flexibility index (Phi) is 3.45. The van der Waals surface area contributed by atoms with Gasteiger partial charge in [-0.25, -0.2) is 0 Å². The van der Waals surface area contributed by atoms with Gasteiger partial charge in [0.25, 0.3) is 0 Å². The maximum atomic E-state index is 5.94. The van der Waals surface area contributed by atoms with Crippen LogP contribution < -0.4 is 5.73 Å². The van der Waals surface area contributed by atoms with Gasteiger partial charge in [0.15, 0.2) is 0 Å². The van der Waals surface area contributed by atoms with Gasteiger partial charge in [-0.3, -0.25) is 0 Å². The van der Waals surface area contributed by atoms with Crippen LogP contribution in [0.3, 0.4) is 0 Å². The first-order valence-electron chi connectivity index (χ1n) is 5.43. The van der Waals surface area contributed by atoms with E-state index in [1.54, 1.807) is 12.1 Å². The van der Waals surface area contributed by atoms with Gasteiger partial charge in [0.2, 0.25) is 11.7 Å². The van der Waals surface area contributed by atoms with Crippen molar-refractivity contribution in [3.63, 3.8) is 0 Å². The van der Waals surface area contributed by atoms with E-state index >= 15 is 0 Å². The summed E-state index contributed by atoms with van der Waals surface area (Å²) in [6, 6.07) is 7.07. The fourth-order valence-corrected chi connectivity index (χ4v) is 1.59. The van der Waals surface area contributed by atoms with Crippen molar-refractivity contribution in [3.8, 4) is 11.4 Å². The zero-order valence-corrected chi connectivity index (χ0v) is 10.5. The van der Waals surface area contributed by atoms with Gasteiger partial charge in [-0.1, -0.05) is 42.7 Å². The van der Waals surface area contributed by atoms with E-state index in [4.69, 9.17) is 21.9 Å². The number of hydrogen-bond donors (Lipinski definition) is 1. The van der Waals surface area contributed by atoms with E-state index in [0.29, 0.717) is 16.7 Å². The Morgan fingerprint density at radius 3 is 2.76 bits per heavy atom. The van der Waals surface area contributed by atoms with Crippen LogP contribution in [-0.2, 0) is 0 Å². The highest BCUT2D eigenvalue weighted by Gasteiger charge is 2.18. The minimum Gasteiger partial charge on any atom is -0.337 e. The fourth-order valence-electron chi connectivity index (χ4n) is 1.40. The molecular weight excluding hydrogens is 238 g/mol. The summed E-state index contributed by atoms with van der Waals surface area (Å²) in [7, 11) is 0. The molecule has 0 fully saturated rings. The lowest BCUT2D eigenvalue weighted by Crippen LogP contribution is -2.16. The minimum atomic E-state index is -0.240. The highest BCUT2D eigenvalue weighted by molar-refractivity contribution is 6.30. The first kappa shape index (κ1) is 12.1. The molecule has 0 saturated heterocycles. The number of aromatic nitrogens is 2. The SMILES string of the molecule is CC(C)C(N)c1nc(-c2cccc(Cl)c2)no1. The van der Waals surface area contributed by atoms with Crippen molar-refractivity contribution in [1.82, 2.24) is 10.1 Å². The molecule has 1 heterocycles. The molecule has 1 aromatic heterocycles. The van der Waals surface area contributed by atoms with E-state index in [1.165, 1.54) is 0 Å². The second-order valence-electron chi connectivity index (χ2n) is 4.24. The average molecular weight is 252 g/mol. The summed E-state index contributed by atoms with van der Waals surface area (Å²) in [5.41, 5.74) is 6.76. The van der Waals surface area contributed by atoms with Crippen LogP contribution in [0.25, 0.3) is 11.4 Å². The molecule has 0 amide bonds. The van der Waals surface area contributed by atoms with Crippen LogP contribution in [0.2, 0.25) is 5.02 Å². The fraction of sp³-hybridized carbons (Fsp3) is 0.333. The average Bonchev–Trinajstić information content (AvgIpc) is 2.77. The topological polar surface area (TPSA) is 64.9 Å². The normalized spacial score (nSPS) is 13.0. The summed E-state index contributed by atoms with van der Waals surface area (Å²) in [6.45, 7) is 4.02. The molecule has 0 spiro atoms. The molecule has 0 radical (unpaired) electrons.